The summed E-state index contributed by atoms with van der Waals surface area (Å²) in [6.45, 7) is 0. The second-order valence-corrected chi connectivity index (χ2v) is 4.42. The lowest BCUT2D eigenvalue weighted by atomic mass is 9.88. The maximum absolute atomic E-state index is 11.5. The Balaban J connectivity index is 2.32. The van der Waals surface area contributed by atoms with Gasteiger partial charge in [0.1, 0.15) is 0 Å². The monoisotopic (exact) mass is 188 g/mol. The van der Waals surface area contributed by atoms with E-state index in [1.165, 1.54) is 16.0 Å². The Morgan fingerprint density at radius 3 is 3.15 bits per heavy atom. The molecule has 64 valence electrons. The van der Waals surface area contributed by atoms with E-state index >= 15 is 0 Å². The van der Waals surface area contributed by atoms with Crippen LogP contribution in [0.1, 0.15) is 17.0 Å². The van der Waals surface area contributed by atoms with Crippen LogP contribution in [0.25, 0.3) is 6.08 Å². The van der Waals surface area contributed by atoms with E-state index in [9.17, 15) is 4.79 Å². The molecular formula is C11H8OS. The summed E-state index contributed by atoms with van der Waals surface area (Å²) in [6.07, 6.45) is 3.65. The van der Waals surface area contributed by atoms with Crippen LogP contribution in [-0.4, -0.2) is 11.5 Å². The van der Waals surface area contributed by atoms with Gasteiger partial charge in [0.2, 0.25) is 0 Å². The van der Waals surface area contributed by atoms with Crippen LogP contribution >= 0.6 is 11.8 Å². The van der Waals surface area contributed by atoms with Crippen molar-refractivity contribution in [1.29, 1.82) is 0 Å². The van der Waals surface area contributed by atoms with Crippen LogP contribution in [0.5, 0.6) is 0 Å². The first-order chi connectivity index (χ1) is 6.36. The van der Waals surface area contributed by atoms with E-state index in [1.54, 1.807) is 17.8 Å². The van der Waals surface area contributed by atoms with Crippen molar-refractivity contribution < 1.29 is 4.79 Å². The van der Waals surface area contributed by atoms with Gasteiger partial charge in [0, 0.05) is 10.6 Å². The van der Waals surface area contributed by atoms with Crippen molar-refractivity contribution in [2.24, 2.45) is 0 Å². The van der Waals surface area contributed by atoms with Crippen LogP contribution in [0.3, 0.4) is 0 Å². The highest BCUT2D eigenvalue weighted by atomic mass is 32.2. The van der Waals surface area contributed by atoms with Crippen molar-refractivity contribution in [2.75, 3.05) is 5.75 Å². The molecule has 0 N–H and O–H groups in total. The lowest BCUT2D eigenvalue weighted by Crippen LogP contribution is -2.13. The second-order valence-electron chi connectivity index (χ2n) is 3.36. The molecule has 1 nitrogen and oxygen atoms in total. The third-order valence-electron chi connectivity index (χ3n) is 2.62. The first kappa shape index (κ1) is 7.39. The Morgan fingerprint density at radius 2 is 2.23 bits per heavy atom. The largest absolute Gasteiger partial charge is 0.294 e. The summed E-state index contributed by atoms with van der Waals surface area (Å²) < 4.78 is 0. The van der Waals surface area contributed by atoms with Gasteiger partial charge < -0.3 is 0 Å². The van der Waals surface area contributed by atoms with E-state index < -0.39 is 0 Å². The number of thioether (sulfide) groups is 1. The third kappa shape index (κ3) is 0.923. The van der Waals surface area contributed by atoms with Crippen LogP contribution in [0.4, 0.5) is 0 Å². The molecule has 0 spiro atoms. The minimum atomic E-state index is 0.140. The molecule has 1 aliphatic carbocycles. The van der Waals surface area contributed by atoms with Crippen molar-refractivity contribution >= 4 is 23.6 Å². The van der Waals surface area contributed by atoms with Crippen molar-refractivity contribution in [3.63, 3.8) is 0 Å². The molecule has 13 heavy (non-hydrogen) atoms. The molecule has 0 saturated carbocycles. The number of hydrogen-bond donors (Lipinski definition) is 0. The Bertz CT molecular complexity index is 420. The first-order valence-corrected chi connectivity index (χ1v) is 5.32. The molecule has 3 rings (SSSR count). The molecule has 2 aliphatic rings. The number of ketones is 1. The third-order valence-corrected chi connectivity index (χ3v) is 3.79. The van der Waals surface area contributed by atoms with Crippen LogP contribution in [0.15, 0.2) is 29.2 Å². The molecule has 0 aromatic heterocycles. The van der Waals surface area contributed by atoms with Gasteiger partial charge in [0.15, 0.2) is 5.78 Å². The molecule has 0 radical (unpaired) electrons. The van der Waals surface area contributed by atoms with Crippen molar-refractivity contribution in [1.82, 2.24) is 0 Å². The molecule has 1 atom stereocenters. The zero-order valence-electron chi connectivity index (χ0n) is 6.99. The van der Waals surface area contributed by atoms with Gasteiger partial charge in [0.25, 0.3) is 0 Å². The minimum Gasteiger partial charge on any atom is -0.294 e. The molecular weight excluding hydrogens is 180 g/mol. The summed E-state index contributed by atoms with van der Waals surface area (Å²) in [6, 6.07) is 6.25. The zero-order chi connectivity index (χ0) is 8.84. The van der Waals surface area contributed by atoms with Gasteiger partial charge in [-0.25, -0.2) is 0 Å². The average molecular weight is 188 g/mol. The Morgan fingerprint density at radius 1 is 1.31 bits per heavy atom. The quantitative estimate of drug-likeness (QED) is 0.622. The van der Waals surface area contributed by atoms with E-state index in [4.69, 9.17) is 0 Å². The first-order valence-electron chi connectivity index (χ1n) is 4.34. The van der Waals surface area contributed by atoms with Crippen LogP contribution < -0.4 is 0 Å². The second kappa shape index (κ2) is 2.48. The van der Waals surface area contributed by atoms with Gasteiger partial charge in [-0.1, -0.05) is 18.2 Å². The summed E-state index contributed by atoms with van der Waals surface area (Å²) in [7, 11) is 0. The van der Waals surface area contributed by atoms with Gasteiger partial charge in [-0.15, -0.1) is 11.8 Å². The van der Waals surface area contributed by atoms with Gasteiger partial charge >= 0.3 is 0 Å². The lowest BCUT2D eigenvalue weighted by Gasteiger charge is -2.14. The fraction of sp³-hybridized carbons (Fsp3) is 0.182. The smallest absolute Gasteiger partial charge is 0.164 e. The van der Waals surface area contributed by atoms with Crippen LogP contribution in [0, 0.1) is 0 Å². The topological polar surface area (TPSA) is 17.1 Å². The van der Waals surface area contributed by atoms with Gasteiger partial charge in [-0.05, 0) is 23.3 Å². The molecule has 1 unspecified atom stereocenters. The highest BCUT2D eigenvalue weighted by molar-refractivity contribution is 7.99. The predicted molar refractivity (Wildman–Crippen MR) is 53.9 cm³/mol. The predicted octanol–water partition coefficient (Wildman–Crippen LogP) is 2.47. The van der Waals surface area contributed by atoms with Crippen molar-refractivity contribution in [3.05, 3.63) is 35.4 Å². The maximum Gasteiger partial charge on any atom is 0.164 e. The van der Waals surface area contributed by atoms with E-state index in [0.29, 0.717) is 0 Å². The van der Waals surface area contributed by atoms with E-state index in [2.05, 4.69) is 18.2 Å². The van der Waals surface area contributed by atoms with E-state index in [-0.39, 0.29) is 11.7 Å². The summed E-state index contributed by atoms with van der Waals surface area (Å²) in [5.74, 6) is 1.33. The van der Waals surface area contributed by atoms with E-state index in [1.807, 2.05) is 6.08 Å². The average Bonchev–Trinajstić information content (AvgIpc) is 2.57. The molecule has 0 bridgehead atoms. The number of allylic oxidation sites excluding steroid dienone is 1. The zero-order valence-corrected chi connectivity index (χ0v) is 7.80. The molecule has 0 amide bonds. The molecule has 0 fully saturated rings. The number of carbonyl (C=O) groups excluding carboxylic acids is 1. The molecule has 1 aliphatic heterocycles. The van der Waals surface area contributed by atoms with E-state index in [0.717, 1.165) is 5.75 Å². The Labute approximate surface area is 80.8 Å². The molecule has 1 aromatic carbocycles. The summed E-state index contributed by atoms with van der Waals surface area (Å²) in [5, 5.41) is 0. The standard InChI is InChI=1S/C11H8OS/c12-9-5-4-7-2-1-3-10-11(7)8(9)6-13-10/h1-5,8H,6H2. The number of rotatable bonds is 0. The molecule has 0 saturated heterocycles. The van der Waals surface area contributed by atoms with Gasteiger partial charge in [-0.2, -0.15) is 0 Å². The lowest BCUT2D eigenvalue weighted by molar-refractivity contribution is -0.115. The number of benzene rings is 1. The molecule has 2 heteroatoms. The van der Waals surface area contributed by atoms with Crippen LogP contribution in [-0.2, 0) is 4.79 Å². The summed E-state index contributed by atoms with van der Waals surface area (Å²) in [4.78, 5) is 12.8. The highest BCUT2D eigenvalue weighted by Crippen LogP contribution is 2.44. The van der Waals surface area contributed by atoms with Gasteiger partial charge in [-0.3, -0.25) is 4.79 Å². The normalized spacial score (nSPS) is 23.4. The van der Waals surface area contributed by atoms with Crippen molar-refractivity contribution in [2.45, 2.75) is 10.8 Å². The Hall–Kier alpha value is -1.02. The molecule has 1 heterocycles. The number of carbonyl (C=O) groups is 1. The van der Waals surface area contributed by atoms with Crippen molar-refractivity contribution in [3.8, 4) is 0 Å². The maximum atomic E-state index is 11.5. The fourth-order valence-corrected chi connectivity index (χ4v) is 3.24. The minimum absolute atomic E-state index is 0.140. The Kier molecular flexibility index (Phi) is 1.41. The fourth-order valence-electron chi connectivity index (χ4n) is 1.97. The summed E-state index contributed by atoms with van der Waals surface area (Å²) in [5.41, 5.74) is 2.49. The highest BCUT2D eigenvalue weighted by Gasteiger charge is 2.31. The SMILES string of the molecule is O=C1C=Cc2cccc3c2C1CS3. The summed E-state index contributed by atoms with van der Waals surface area (Å²) >= 11 is 1.80. The molecule has 1 aromatic rings. The number of hydrogen-bond acceptors (Lipinski definition) is 2. The van der Waals surface area contributed by atoms with Crippen LogP contribution in [0.2, 0.25) is 0 Å². The van der Waals surface area contributed by atoms with Gasteiger partial charge in [0.05, 0.1) is 5.92 Å².